The second-order valence-corrected chi connectivity index (χ2v) is 16.2. The molecule has 0 spiro atoms. The zero-order chi connectivity index (χ0) is 43.8. The summed E-state index contributed by atoms with van der Waals surface area (Å²) in [6, 6.07) is 74.9. The van der Waals surface area contributed by atoms with Gasteiger partial charge < -0.3 is 15.0 Å². The number of pyridine rings is 3. The molecule has 0 amide bonds. The summed E-state index contributed by atoms with van der Waals surface area (Å²) in [7, 11) is 0. The van der Waals surface area contributed by atoms with Crippen molar-refractivity contribution in [3.8, 4) is 78.3 Å². The van der Waals surface area contributed by atoms with Gasteiger partial charge in [0, 0.05) is 29.7 Å². The summed E-state index contributed by atoms with van der Waals surface area (Å²) in [4.78, 5) is 14.6. The zero-order valence-electron chi connectivity index (χ0n) is 36.1. The Bertz CT molecular complexity index is 3070. The van der Waals surface area contributed by atoms with Crippen molar-refractivity contribution in [2.45, 2.75) is 25.7 Å². The monoisotopic (exact) mass is 1030 g/mol. The Morgan fingerprint density at radius 1 is 0.333 bits per heavy atom. The van der Waals surface area contributed by atoms with Gasteiger partial charge in [-0.25, -0.2) is 4.39 Å². The van der Waals surface area contributed by atoms with E-state index in [9.17, 15) is 0 Å². The van der Waals surface area contributed by atoms with E-state index in [-0.39, 0.29) is 25.9 Å². The number of nitrogens with zero attached hydrogens (tertiary/aromatic N) is 3. The maximum Gasteiger partial charge on any atom is 3.00 e. The van der Waals surface area contributed by atoms with Crippen LogP contribution in [0.3, 0.4) is 0 Å². The van der Waals surface area contributed by atoms with Crippen LogP contribution in [0.15, 0.2) is 213 Å². The zero-order valence-corrected chi connectivity index (χ0v) is 38.5. The summed E-state index contributed by atoms with van der Waals surface area (Å²) in [6.07, 6.45) is 9.20. The predicted octanol–water partition coefficient (Wildman–Crippen LogP) is 14.6. The Morgan fingerprint density at radius 3 is 1.38 bits per heavy atom. The molecule has 0 saturated carbocycles. The van der Waals surface area contributed by atoms with Gasteiger partial charge in [-0.05, 0) is 104 Å². The molecule has 7 aromatic carbocycles. The molecule has 0 bridgehead atoms. The van der Waals surface area contributed by atoms with E-state index in [2.05, 4.69) is 84.9 Å². The molecule has 0 saturated heterocycles. The van der Waals surface area contributed by atoms with Crippen molar-refractivity contribution >= 4 is 0 Å². The number of halogens is 1. The third-order valence-corrected chi connectivity index (χ3v) is 11.9. The molecular weight excluding hydrogens is 986 g/mol. The van der Waals surface area contributed by atoms with Gasteiger partial charge in [0.15, 0.2) is 0 Å². The van der Waals surface area contributed by atoms with E-state index in [0.717, 1.165) is 98.4 Å². The van der Waals surface area contributed by atoms with Crippen LogP contribution >= 0.6 is 0 Å². The average molecular weight is 1030 g/mol. The van der Waals surface area contributed by atoms with E-state index in [1.54, 1.807) is 6.07 Å². The topological polar surface area (TPSA) is 38.7 Å². The van der Waals surface area contributed by atoms with Crippen molar-refractivity contribution in [1.82, 2.24) is 15.0 Å². The number of hydrogen-bond donors (Lipinski definition) is 0. The van der Waals surface area contributed by atoms with Gasteiger partial charge in [-0.15, -0.1) is 108 Å². The first-order chi connectivity index (χ1) is 32.1. The number of aryl methyl sites for hydroxylation is 4. The second-order valence-electron chi connectivity index (χ2n) is 16.2. The molecule has 10 rings (SSSR count). The molecule has 0 aliphatic carbocycles. The van der Waals surface area contributed by atoms with Crippen molar-refractivity contribution in [2.24, 2.45) is 0 Å². The molecule has 0 aliphatic heterocycles. The largest absolute Gasteiger partial charge is 3.00 e. The summed E-state index contributed by atoms with van der Waals surface area (Å²) in [6.45, 7) is 0. The molecule has 0 N–H and O–H groups in total. The Morgan fingerprint density at radius 2 is 0.848 bits per heavy atom. The van der Waals surface area contributed by atoms with Crippen LogP contribution in [-0.4, -0.2) is 15.0 Å². The molecule has 0 aliphatic rings. The number of aromatic nitrogens is 3. The second kappa shape index (κ2) is 20.6. The minimum atomic E-state index is -0.294. The summed E-state index contributed by atoms with van der Waals surface area (Å²) < 4.78 is 16.6. The molecule has 0 unspecified atom stereocenters. The molecule has 0 radical (unpaired) electrons. The normalized spacial score (nSPS) is 10.9. The molecule has 3 nitrogen and oxygen atoms in total. The Kier molecular flexibility index (Phi) is 13.7. The minimum Gasteiger partial charge on any atom is -0.304 e. The van der Waals surface area contributed by atoms with Gasteiger partial charge in [-0.1, -0.05) is 115 Å². The molecule has 3 aromatic heterocycles. The van der Waals surface area contributed by atoms with E-state index in [1.165, 1.54) is 22.3 Å². The van der Waals surface area contributed by atoms with E-state index in [1.807, 2.05) is 140 Å². The summed E-state index contributed by atoms with van der Waals surface area (Å²) in [5, 5.41) is 0. The number of rotatable bonds is 13. The Labute approximate surface area is 400 Å². The summed E-state index contributed by atoms with van der Waals surface area (Å²) in [5.41, 5.74) is 17.2. The smallest absolute Gasteiger partial charge is 0.304 e. The fourth-order valence-electron chi connectivity index (χ4n) is 8.46. The summed E-state index contributed by atoms with van der Waals surface area (Å²) in [5.74, 6) is -0.294. The van der Waals surface area contributed by atoms with Crippen LogP contribution in [0, 0.1) is 24.0 Å². The van der Waals surface area contributed by atoms with Crippen LogP contribution in [0.1, 0.15) is 22.3 Å². The molecule has 5 heteroatoms. The van der Waals surface area contributed by atoms with Gasteiger partial charge in [0.2, 0.25) is 0 Å². The first-order valence-electron chi connectivity index (χ1n) is 22.0. The third-order valence-electron chi connectivity index (χ3n) is 11.9. The molecule has 10 aromatic rings. The Balaban J connectivity index is 0.00000548. The molecule has 3 heterocycles. The van der Waals surface area contributed by atoms with Crippen LogP contribution in [0.4, 0.5) is 4.39 Å². The first kappa shape index (κ1) is 43.8. The van der Waals surface area contributed by atoms with Crippen LogP contribution < -0.4 is 0 Å². The van der Waals surface area contributed by atoms with E-state index < -0.39 is 0 Å². The Hall–Kier alpha value is -7.43. The molecule has 0 atom stereocenters. The standard InChI is InChI=1S/C61H43FN3.Ir/c62-58-38-51(47-15-5-1-6-16-47)31-32-55(58)56-39-61(50-21-11-4-12-22-50)65-42-57(56)54-24-14-13-23-53(54)52-36-45(27-25-43-29-33-59(63-40-43)48-17-7-2-8-18-48)35-46(37-52)28-26-44-30-34-60(64-41-44)49-19-9-3-10-20-49;/h1-17,19,21,23-24,29-42H,25-28H2;/q-3;+3. The van der Waals surface area contributed by atoms with Crippen molar-refractivity contribution in [3.05, 3.63) is 259 Å². The average Bonchev–Trinajstić information content (AvgIpc) is 3.38. The van der Waals surface area contributed by atoms with Gasteiger partial charge >= 0.3 is 20.1 Å². The third kappa shape index (κ3) is 10.1. The molecular formula is C61H43FIrN3. The molecule has 66 heavy (non-hydrogen) atoms. The minimum absolute atomic E-state index is 0. The molecule has 318 valence electrons. The van der Waals surface area contributed by atoms with Crippen molar-refractivity contribution in [3.63, 3.8) is 0 Å². The van der Waals surface area contributed by atoms with Gasteiger partial charge in [0.1, 0.15) is 5.82 Å². The van der Waals surface area contributed by atoms with Crippen LogP contribution in [0.2, 0.25) is 0 Å². The van der Waals surface area contributed by atoms with E-state index in [4.69, 9.17) is 15.0 Å². The van der Waals surface area contributed by atoms with Gasteiger partial charge in [-0.3, -0.25) is 0 Å². The van der Waals surface area contributed by atoms with Crippen molar-refractivity contribution < 1.29 is 24.5 Å². The van der Waals surface area contributed by atoms with Gasteiger partial charge in [0.25, 0.3) is 0 Å². The van der Waals surface area contributed by atoms with Crippen LogP contribution in [0.5, 0.6) is 0 Å². The predicted molar refractivity (Wildman–Crippen MR) is 262 cm³/mol. The number of hydrogen-bond acceptors (Lipinski definition) is 3. The maximum absolute atomic E-state index is 16.6. The van der Waals surface area contributed by atoms with Gasteiger partial charge in [0.05, 0.1) is 0 Å². The maximum atomic E-state index is 16.6. The first-order valence-corrected chi connectivity index (χ1v) is 22.0. The van der Waals surface area contributed by atoms with E-state index in [0.29, 0.717) is 5.56 Å². The number of benzene rings is 7. The molecule has 0 fully saturated rings. The quantitative estimate of drug-likeness (QED) is 0.108. The van der Waals surface area contributed by atoms with Crippen LogP contribution in [-0.2, 0) is 45.8 Å². The van der Waals surface area contributed by atoms with Crippen LogP contribution in [0.25, 0.3) is 78.3 Å². The fraction of sp³-hybridized carbons (Fsp3) is 0.0656. The van der Waals surface area contributed by atoms with Crippen molar-refractivity contribution in [1.29, 1.82) is 0 Å². The van der Waals surface area contributed by atoms with Gasteiger partial charge in [-0.2, -0.15) is 0 Å². The fourth-order valence-corrected chi connectivity index (χ4v) is 8.46. The van der Waals surface area contributed by atoms with E-state index >= 15 is 4.39 Å². The summed E-state index contributed by atoms with van der Waals surface area (Å²) >= 11 is 0. The van der Waals surface area contributed by atoms with Crippen molar-refractivity contribution in [2.75, 3.05) is 0 Å². The SMILES string of the molecule is Fc1cc(-c2ccccc2)ccc1-c1cc(-c2[c-]cccc2)ncc1-c1ccccc1-c1cc(CCc2ccc(-c3[c-]cccc3)nc2)cc(CCc2ccc(-c3[c-]cccc3)nc2)c1.[Ir+3].